The van der Waals surface area contributed by atoms with Crippen LogP contribution in [0.2, 0.25) is 0 Å². The van der Waals surface area contributed by atoms with Gasteiger partial charge in [-0.25, -0.2) is 8.78 Å². The van der Waals surface area contributed by atoms with Crippen molar-refractivity contribution in [2.75, 3.05) is 26.9 Å². The van der Waals surface area contributed by atoms with E-state index in [1.807, 2.05) is 0 Å². The standard InChI is InChI=1S/C13H17F2NO2/c1-8-5-9(11(15)6-10(8)14)13(16-2)12-7-17-3-4-18-12/h5-6,12-13,16H,3-4,7H2,1-2H3. The predicted molar refractivity (Wildman–Crippen MR) is 63.5 cm³/mol. The third-order valence-corrected chi connectivity index (χ3v) is 3.14. The van der Waals surface area contributed by atoms with E-state index in [4.69, 9.17) is 9.47 Å². The van der Waals surface area contributed by atoms with Crippen LogP contribution in [-0.4, -0.2) is 33.0 Å². The van der Waals surface area contributed by atoms with E-state index in [-0.39, 0.29) is 12.1 Å². The first-order valence-corrected chi connectivity index (χ1v) is 5.95. The highest BCUT2D eigenvalue weighted by atomic mass is 19.1. The summed E-state index contributed by atoms with van der Waals surface area (Å²) in [6.45, 7) is 3.06. The van der Waals surface area contributed by atoms with Crippen LogP contribution in [0, 0.1) is 18.6 Å². The Hall–Kier alpha value is -1.04. The van der Waals surface area contributed by atoms with Crippen molar-refractivity contribution >= 4 is 0 Å². The fourth-order valence-corrected chi connectivity index (χ4v) is 2.16. The molecule has 5 heteroatoms. The third-order valence-electron chi connectivity index (χ3n) is 3.14. The maximum absolute atomic E-state index is 13.8. The first-order chi connectivity index (χ1) is 8.63. The average Bonchev–Trinajstić information content (AvgIpc) is 2.38. The summed E-state index contributed by atoms with van der Waals surface area (Å²) in [6, 6.07) is 2.09. The lowest BCUT2D eigenvalue weighted by atomic mass is 9.98. The molecule has 18 heavy (non-hydrogen) atoms. The number of nitrogens with one attached hydrogen (secondary N) is 1. The summed E-state index contributed by atoms with van der Waals surface area (Å²) in [4.78, 5) is 0. The average molecular weight is 257 g/mol. The van der Waals surface area contributed by atoms with E-state index >= 15 is 0 Å². The van der Waals surface area contributed by atoms with E-state index in [1.54, 1.807) is 14.0 Å². The summed E-state index contributed by atoms with van der Waals surface area (Å²) in [6.07, 6.45) is -0.261. The number of rotatable bonds is 3. The Morgan fingerprint density at radius 1 is 1.28 bits per heavy atom. The van der Waals surface area contributed by atoms with Gasteiger partial charge in [0.1, 0.15) is 17.7 Å². The molecule has 1 N–H and O–H groups in total. The number of hydrogen-bond donors (Lipinski definition) is 1. The molecule has 3 nitrogen and oxygen atoms in total. The van der Waals surface area contributed by atoms with Gasteiger partial charge in [0.05, 0.1) is 25.9 Å². The highest BCUT2D eigenvalue weighted by Gasteiger charge is 2.28. The van der Waals surface area contributed by atoms with E-state index in [1.165, 1.54) is 6.07 Å². The molecular weight excluding hydrogens is 240 g/mol. The zero-order valence-corrected chi connectivity index (χ0v) is 10.5. The molecule has 1 aliphatic heterocycles. The highest BCUT2D eigenvalue weighted by Crippen LogP contribution is 2.26. The first-order valence-electron chi connectivity index (χ1n) is 5.95. The lowest BCUT2D eigenvalue weighted by Gasteiger charge is -2.30. The molecule has 0 spiro atoms. The van der Waals surface area contributed by atoms with Crippen LogP contribution in [0.25, 0.3) is 0 Å². The maximum atomic E-state index is 13.8. The van der Waals surface area contributed by atoms with Crippen LogP contribution in [0.15, 0.2) is 12.1 Å². The lowest BCUT2D eigenvalue weighted by molar-refractivity contribution is -0.102. The van der Waals surface area contributed by atoms with Crippen molar-refractivity contribution < 1.29 is 18.3 Å². The van der Waals surface area contributed by atoms with E-state index in [9.17, 15) is 8.78 Å². The van der Waals surface area contributed by atoms with Gasteiger partial charge < -0.3 is 14.8 Å². The Morgan fingerprint density at radius 2 is 2.06 bits per heavy atom. The van der Waals surface area contributed by atoms with Crippen LogP contribution < -0.4 is 5.32 Å². The second kappa shape index (κ2) is 5.73. The minimum atomic E-state index is -0.563. The number of benzene rings is 1. The molecule has 0 aliphatic carbocycles. The van der Waals surface area contributed by atoms with Gasteiger partial charge in [0.15, 0.2) is 0 Å². The molecule has 0 amide bonds. The maximum Gasteiger partial charge on any atom is 0.131 e. The lowest BCUT2D eigenvalue weighted by Crippen LogP contribution is -2.39. The van der Waals surface area contributed by atoms with Crippen molar-refractivity contribution in [1.82, 2.24) is 5.32 Å². The normalized spacial score (nSPS) is 21.9. The Morgan fingerprint density at radius 3 is 2.67 bits per heavy atom. The molecule has 0 aromatic heterocycles. The fraction of sp³-hybridized carbons (Fsp3) is 0.538. The molecule has 0 bridgehead atoms. The van der Waals surface area contributed by atoms with Crippen LogP contribution in [0.5, 0.6) is 0 Å². The molecule has 1 aromatic carbocycles. The Labute approximate surface area is 105 Å². The summed E-state index contributed by atoms with van der Waals surface area (Å²) in [5.41, 5.74) is 0.829. The number of halogens is 2. The van der Waals surface area contributed by atoms with Gasteiger partial charge in [0, 0.05) is 11.6 Å². The van der Waals surface area contributed by atoms with Crippen molar-refractivity contribution in [2.24, 2.45) is 0 Å². The minimum absolute atomic E-state index is 0.261. The molecule has 1 saturated heterocycles. The summed E-state index contributed by atoms with van der Waals surface area (Å²) < 4.78 is 38.0. The molecule has 1 heterocycles. The number of likely N-dealkylation sites (N-methyl/N-ethyl adjacent to an activating group) is 1. The van der Waals surface area contributed by atoms with Gasteiger partial charge >= 0.3 is 0 Å². The molecule has 2 atom stereocenters. The molecular formula is C13H17F2NO2. The quantitative estimate of drug-likeness (QED) is 0.897. The van der Waals surface area contributed by atoms with E-state index in [0.29, 0.717) is 30.9 Å². The molecule has 1 fully saturated rings. The van der Waals surface area contributed by atoms with Crippen LogP contribution >= 0.6 is 0 Å². The summed E-state index contributed by atoms with van der Waals surface area (Å²) in [5.74, 6) is -1.10. The summed E-state index contributed by atoms with van der Waals surface area (Å²) in [5, 5.41) is 3.01. The molecule has 2 unspecified atom stereocenters. The van der Waals surface area contributed by atoms with Crippen LogP contribution in [0.4, 0.5) is 8.78 Å². The zero-order chi connectivity index (χ0) is 13.1. The van der Waals surface area contributed by atoms with E-state index in [0.717, 1.165) is 6.07 Å². The minimum Gasteiger partial charge on any atom is -0.376 e. The van der Waals surface area contributed by atoms with E-state index in [2.05, 4.69) is 5.32 Å². The summed E-state index contributed by atoms with van der Waals surface area (Å²) >= 11 is 0. The number of aryl methyl sites for hydroxylation is 1. The largest absolute Gasteiger partial charge is 0.376 e. The monoisotopic (exact) mass is 257 g/mol. The van der Waals surface area contributed by atoms with Crippen LogP contribution in [-0.2, 0) is 9.47 Å². The van der Waals surface area contributed by atoms with Gasteiger partial charge in [-0.2, -0.15) is 0 Å². The SMILES string of the molecule is CNC(c1cc(C)c(F)cc1F)C1COCCO1. The van der Waals surface area contributed by atoms with Gasteiger partial charge in [-0.05, 0) is 25.6 Å². The second-order valence-electron chi connectivity index (χ2n) is 4.37. The number of ether oxygens (including phenoxy) is 2. The first kappa shape index (κ1) is 13.4. The molecule has 1 aliphatic rings. The van der Waals surface area contributed by atoms with Crippen LogP contribution in [0.1, 0.15) is 17.2 Å². The molecule has 2 rings (SSSR count). The van der Waals surface area contributed by atoms with Crippen molar-refractivity contribution in [2.45, 2.75) is 19.1 Å². The van der Waals surface area contributed by atoms with Gasteiger partial charge in [0.2, 0.25) is 0 Å². The number of hydrogen-bond acceptors (Lipinski definition) is 3. The fourth-order valence-electron chi connectivity index (χ4n) is 2.16. The van der Waals surface area contributed by atoms with Crippen molar-refractivity contribution in [3.8, 4) is 0 Å². The molecule has 0 saturated carbocycles. The highest BCUT2D eigenvalue weighted by molar-refractivity contribution is 5.29. The Bertz CT molecular complexity index is 420. The third kappa shape index (κ3) is 2.68. The zero-order valence-electron chi connectivity index (χ0n) is 10.5. The Balaban J connectivity index is 2.28. The topological polar surface area (TPSA) is 30.5 Å². The molecule has 100 valence electrons. The Kier molecular flexibility index (Phi) is 4.27. The van der Waals surface area contributed by atoms with Gasteiger partial charge in [0.25, 0.3) is 0 Å². The molecule has 1 aromatic rings. The smallest absolute Gasteiger partial charge is 0.131 e. The van der Waals surface area contributed by atoms with Gasteiger partial charge in [-0.3, -0.25) is 0 Å². The van der Waals surface area contributed by atoms with Gasteiger partial charge in [-0.15, -0.1) is 0 Å². The van der Waals surface area contributed by atoms with Gasteiger partial charge in [-0.1, -0.05) is 0 Å². The summed E-state index contributed by atoms with van der Waals surface area (Å²) in [7, 11) is 1.72. The van der Waals surface area contributed by atoms with E-state index < -0.39 is 11.6 Å². The molecule has 0 radical (unpaired) electrons. The van der Waals surface area contributed by atoms with Crippen molar-refractivity contribution in [1.29, 1.82) is 0 Å². The predicted octanol–water partition coefficient (Wildman–Crippen LogP) is 1.95. The van der Waals surface area contributed by atoms with Crippen molar-refractivity contribution in [3.63, 3.8) is 0 Å². The van der Waals surface area contributed by atoms with Crippen LogP contribution in [0.3, 0.4) is 0 Å². The second-order valence-corrected chi connectivity index (χ2v) is 4.37. The van der Waals surface area contributed by atoms with Crippen molar-refractivity contribution in [3.05, 3.63) is 34.9 Å².